The minimum Gasteiger partial charge on any atom is -0.481 e. The van der Waals surface area contributed by atoms with Crippen molar-refractivity contribution in [1.29, 1.82) is 0 Å². The molecule has 1 unspecified atom stereocenters. The minimum atomic E-state index is -0.811. The van der Waals surface area contributed by atoms with E-state index in [0.29, 0.717) is 24.8 Å². The Bertz CT molecular complexity index is 823. The van der Waals surface area contributed by atoms with Gasteiger partial charge >= 0.3 is 5.97 Å². The van der Waals surface area contributed by atoms with Gasteiger partial charge in [-0.2, -0.15) is 0 Å². The molecule has 2 aromatic carbocycles. The quantitative estimate of drug-likeness (QED) is 0.688. The second-order valence-corrected chi connectivity index (χ2v) is 7.12. The topological polar surface area (TPSA) is 95.5 Å². The molecule has 6 heteroatoms. The van der Waals surface area contributed by atoms with Crippen LogP contribution in [-0.2, 0) is 9.59 Å². The van der Waals surface area contributed by atoms with Gasteiger partial charge in [0.05, 0.1) is 18.4 Å². The second-order valence-electron chi connectivity index (χ2n) is 7.12. The van der Waals surface area contributed by atoms with Crippen LogP contribution in [0.25, 0.3) is 0 Å². The normalized spacial score (nSPS) is 19.6. The Morgan fingerprint density at radius 1 is 0.964 bits per heavy atom. The van der Waals surface area contributed by atoms with Crippen molar-refractivity contribution in [2.24, 2.45) is 5.92 Å². The lowest BCUT2D eigenvalue weighted by molar-refractivity contribution is -0.141. The lowest BCUT2D eigenvalue weighted by atomic mass is 10.0. The van der Waals surface area contributed by atoms with E-state index in [1.807, 2.05) is 36.4 Å². The van der Waals surface area contributed by atoms with Gasteiger partial charge < -0.3 is 15.7 Å². The molecule has 0 aliphatic heterocycles. The third-order valence-electron chi connectivity index (χ3n) is 5.08. The van der Waals surface area contributed by atoms with Crippen LogP contribution in [0.5, 0.6) is 0 Å². The smallest absolute Gasteiger partial charge is 0.306 e. The van der Waals surface area contributed by atoms with Crippen molar-refractivity contribution in [3.05, 3.63) is 71.8 Å². The molecule has 1 aliphatic rings. The number of carbonyl (C=O) groups excluding carboxylic acids is 2. The number of nitrogens with one attached hydrogen (secondary N) is 2. The molecular weight excluding hydrogens is 356 g/mol. The number of amides is 2. The number of carboxylic acid groups (broad SMARTS) is 1. The molecule has 0 spiro atoms. The average Bonchev–Trinajstić information content (AvgIpc) is 3.17. The predicted octanol–water partition coefficient (Wildman–Crippen LogP) is 2.92. The summed E-state index contributed by atoms with van der Waals surface area (Å²) in [7, 11) is 0. The Balaban J connectivity index is 1.65. The summed E-state index contributed by atoms with van der Waals surface area (Å²) in [4.78, 5) is 36.2. The standard InChI is InChI=1S/C22H24N2O4/c25-20(23-18-12-11-17(13-18)22(27)28)14-19(15-7-3-1-4-8-15)24-21(26)16-9-5-2-6-10-16/h1-10,17-19H,11-14H2,(H,23,25)(H,24,26)(H,27,28)/t17-,18+,19?/m1/s1. The van der Waals surface area contributed by atoms with Crippen LogP contribution >= 0.6 is 0 Å². The van der Waals surface area contributed by atoms with Crippen molar-refractivity contribution in [3.63, 3.8) is 0 Å². The zero-order chi connectivity index (χ0) is 19.9. The molecule has 1 saturated carbocycles. The summed E-state index contributed by atoms with van der Waals surface area (Å²) in [5.74, 6) is -1.64. The first-order valence-corrected chi connectivity index (χ1v) is 9.46. The molecule has 0 aromatic heterocycles. The number of carbonyl (C=O) groups is 3. The maximum Gasteiger partial charge on any atom is 0.306 e. The van der Waals surface area contributed by atoms with E-state index in [9.17, 15) is 14.4 Å². The van der Waals surface area contributed by atoms with E-state index >= 15 is 0 Å². The maximum absolute atomic E-state index is 12.6. The van der Waals surface area contributed by atoms with Crippen LogP contribution in [0.2, 0.25) is 0 Å². The predicted molar refractivity (Wildman–Crippen MR) is 105 cm³/mol. The van der Waals surface area contributed by atoms with Crippen LogP contribution < -0.4 is 10.6 Å². The summed E-state index contributed by atoms with van der Waals surface area (Å²) in [6.45, 7) is 0. The summed E-state index contributed by atoms with van der Waals surface area (Å²) < 4.78 is 0. The van der Waals surface area contributed by atoms with Gasteiger partial charge in [0.25, 0.3) is 5.91 Å². The van der Waals surface area contributed by atoms with Gasteiger partial charge in [-0.15, -0.1) is 0 Å². The van der Waals surface area contributed by atoms with E-state index in [-0.39, 0.29) is 24.3 Å². The number of hydrogen-bond acceptors (Lipinski definition) is 3. The van der Waals surface area contributed by atoms with Gasteiger partial charge in [0, 0.05) is 11.6 Å². The van der Waals surface area contributed by atoms with Crippen molar-refractivity contribution in [2.75, 3.05) is 0 Å². The highest BCUT2D eigenvalue weighted by atomic mass is 16.4. The zero-order valence-corrected chi connectivity index (χ0v) is 15.5. The molecule has 0 bridgehead atoms. The molecule has 146 valence electrons. The van der Waals surface area contributed by atoms with E-state index < -0.39 is 17.9 Å². The summed E-state index contributed by atoms with van der Waals surface area (Å²) in [5, 5.41) is 15.0. The molecule has 6 nitrogen and oxygen atoms in total. The Kier molecular flexibility index (Phi) is 6.42. The number of benzene rings is 2. The highest BCUT2D eigenvalue weighted by molar-refractivity contribution is 5.94. The molecular formula is C22H24N2O4. The van der Waals surface area contributed by atoms with E-state index in [2.05, 4.69) is 10.6 Å². The van der Waals surface area contributed by atoms with Gasteiger partial charge in [-0.05, 0) is 37.0 Å². The fraction of sp³-hybridized carbons (Fsp3) is 0.318. The summed E-state index contributed by atoms with van der Waals surface area (Å²) in [5.41, 5.74) is 1.38. The summed E-state index contributed by atoms with van der Waals surface area (Å²) in [6, 6.07) is 17.6. The highest BCUT2D eigenvalue weighted by Crippen LogP contribution is 2.26. The SMILES string of the molecule is O=C(CC(NC(=O)c1ccccc1)c1ccccc1)N[C@H]1CC[C@@H](C(=O)O)C1. The van der Waals surface area contributed by atoms with Gasteiger partial charge in [0.2, 0.25) is 5.91 Å². The monoisotopic (exact) mass is 380 g/mol. The van der Waals surface area contributed by atoms with Gasteiger partial charge in [0.1, 0.15) is 0 Å². The van der Waals surface area contributed by atoms with Gasteiger partial charge in [-0.3, -0.25) is 14.4 Å². The first-order valence-electron chi connectivity index (χ1n) is 9.46. The molecule has 28 heavy (non-hydrogen) atoms. The van der Waals surface area contributed by atoms with Gasteiger partial charge in [0.15, 0.2) is 0 Å². The Morgan fingerprint density at radius 2 is 1.61 bits per heavy atom. The van der Waals surface area contributed by atoms with Crippen LogP contribution in [0.4, 0.5) is 0 Å². The molecule has 1 aliphatic carbocycles. The Morgan fingerprint density at radius 3 is 2.21 bits per heavy atom. The highest BCUT2D eigenvalue weighted by Gasteiger charge is 2.31. The zero-order valence-electron chi connectivity index (χ0n) is 15.5. The third kappa shape index (κ3) is 5.19. The van der Waals surface area contributed by atoms with Crippen LogP contribution in [0, 0.1) is 5.92 Å². The third-order valence-corrected chi connectivity index (χ3v) is 5.08. The first kappa shape index (κ1) is 19.6. The van der Waals surface area contributed by atoms with Crippen molar-refractivity contribution in [2.45, 2.75) is 37.8 Å². The largest absolute Gasteiger partial charge is 0.481 e. The fourth-order valence-corrected chi connectivity index (χ4v) is 3.58. The summed E-state index contributed by atoms with van der Waals surface area (Å²) >= 11 is 0. The minimum absolute atomic E-state index is 0.0941. The van der Waals surface area contributed by atoms with Crippen LogP contribution in [0.3, 0.4) is 0 Å². The molecule has 0 heterocycles. The van der Waals surface area contributed by atoms with E-state index in [1.54, 1.807) is 24.3 Å². The van der Waals surface area contributed by atoms with Crippen LogP contribution in [0.15, 0.2) is 60.7 Å². The van der Waals surface area contributed by atoms with Crippen LogP contribution in [0.1, 0.15) is 47.6 Å². The number of rotatable bonds is 7. The molecule has 3 N–H and O–H groups in total. The van der Waals surface area contributed by atoms with Gasteiger partial charge in [-0.1, -0.05) is 48.5 Å². The van der Waals surface area contributed by atoms with E-state index in [0.717, 1.165) is 5.56 Å². The Labute approximate surface area is 164 Å². The fourth-order valence-electron chi connectivity index (χ4n) is 3.58. The van der Waals surface area contributed by atoms with Crippen LogP contribution in [-0.4, -0.2) is 28.9 Å². The first-order chi connectivity index (χ1) is 13.5. The maximum atomic E-state index is 12.6. The molecule has 2 amide bonds. The number of aliphatic carboxylic acids is 1. The number of hydrogen-bond donors (Lipinski definition) is 3. The molecule has 0 saturated heterocycles. The Hall–Kier alpha value is -3.15. The molecule has 3 atom stereocenters. The molecule has 2 aromatic rings. The lowest BCUT2D eigenvalue weighted by Crippen LogP contribution is -2.37. The molecule has 1 fully saturated rings. The van der Waals surface area contributed by atoms with E-state index in [4.69, 9.17) is 5.11 Å². The van der Waals surface area contributed by atoms with Crippen molar-refractivity contribution < 1.29 is 19.5 Å². The van der Waals surface area contributed by atoms with Crippen molar-refractivity contribution in [1.82, 2.24) is 10.6 Å². The summed E-state index contributed by atoms with van der Waals surface area (Å²) in [6.07, 6.45) is 1.78. The second kappa shape index (κ2) is 9.17. The van der Waals surface area contributed by atoms with Crippen molar-refractivity contribution in [3.8, 4) is 0 Å². The molecule has 0 radical (unpaired) electrons. The van der Waals surface area contributed by atoms with E-state index in [1.165, 1.54) is 0 Å². The average molecular weight is 380 g/mol. The van der Waals surface area contributed by atoms with Gasteiger partial charge in [-0.25, -0.2) is 0 Å². The number of carboxylic acids is 1. The van der Waals surface area contributed by atoms with Crippen molar-refractivity contribution >= 4 is 17.8 Å². The lowest BCUT2D eigenvalue weighted by Gasteiger charge is -2.20. The molecule has 3 rings (SSSR count).